The summed E-state index contributed by atoms with van der Waals surface area (Å²) in [6.07, 6.45) is 0. The van der Waals surface area contributed by atoms with Crippen LogP contribution in [0.2, 0.25) is 5.02 Å². The van der Waals surface area contributed by atoms with Crippen molar-refractivity contribution in [3.05, 3.63) is 36.5 Å². The monoisotopic (exact) mass is 395 g/mol. The minimum absolute atomic E-state index is 0.766. The third kappa shape index (κ3) is 1.89. The molecular weight excluding hydrogens is 388 g/mol. The number of rotatable bonds is 0. The van der Waals surface area contributed by atoms with Gasteiger partial charge in [-0.1, -0.05) is 17.7 Å². The van der Waals surface area contributed by atoms with Crippen molar-refractivity contribution in [1.29, 1.82) is 0 Å². The van der Waals surface area contributed by atoms with Crippen molar-refractivity contribution in [3.8, 4) is 0 Å². The molecule has 0 atom stereocenters. The van der Waals surface area contributed by atoms with Gasteiger partial charge in [-0.15, -0.1) is 0 Å². The van der Waals surface area contributed by atoms with Crippen molar-refractivity contribution >= 4 is 61.0 Å². The Kier molecular flexibility index (Phi) is 3.24. The summed E-state index contributed by atoms with van der Waals surface area (Å²) < 4.78 is 2.26. The molecule has 1 aromatic heterocycles. The Bertz CT molecular complexity index is 554. The number of hydrogen-bond acceptors (Lipinski definition) is 1. The summed E-state index contributed by atoms with van der Waals surface area (Å²) in [4.78, 5) is 4.57. The fourth-order valence-electron chi connectivity index (χ4n) is 1.49. The number of hydrogen-bond donors (Lipinski definition) is 0. The molecular formula is C11H8BrClIN. The van der Waals surface area contributed by atoms with E-state index in [0.29, 0.717) is 0 Å². The highest BCUT2D eigenvalue weighted by atomic mass is 127. The minimum atomic E-state index is 0.766. The Labute approximate surface area is 115 Å². The molecule has 1 nitrogen and oxygen atoms in total. The van der Waals surface area contributed by atoms with Crippen molar-refractivity contribution < 1.29 is 0 Å². The van der Waals surface area contributed by atoms with Crippen molar-refractivity contribution in [2.75, 3.05) is 0 Å². The maximum atomic E-state index is 6.07. The molecule has 78 valence electrons. The predicted molar refractivity (Wildman–Crippen MR) is 76.6 cm³/mol. The van der Waals surface area contributed by atoms with Crippen LogP contribution in [0.4, 0.5) is 0 Å². The van der Waals surface area contributed by atoms with E-state index in [1.54, 1.807) is 0 Å². The lowest BCUT2D eigenvalue weighted by atomic mass is 10.1. The summed E-state index contributed by atoms with van der Waals surface area (Å²) in [7, 11) is 0. The van der Waals surface area contributed by atoms with E-state index >= 15 is 0 Å². The number of pyridine rings is 1. The van der Waals surface area contributed by atoms with E-state index in [4.69, 9.17) is 11.6 Å². The van der Waals surface area contributed by atoms with Crippen LogP contribution in [0, 0.1) is 17.4 Å². The van der Waals surface area contributed by atoms with Crippen LogP contribution in [0.3, 0.4) is 0 Å². The second-order valence-corrected chi connectivity index (χ2v) is 5.67. The Morgan fingerprint density at radius 1 is 1.33 bits per heavy atom. The zero-order chi connectivity index (χ0) is 11.2. The van der Waals surface area contributed by atoms with Crippen LogP contribution >= 0.6 is 50.1 Å². The Morgan fingerprint density at radius 2 is 2.00 bits per heavy atom. The van der Waals surface area contributed by atoms with E-state index in [0.717, 1.165) is 35.2 Å². The highest BCUT2D eigenvalue weighted by Crippen LogP contribution is 2.33. The third-order valence-electron chi connectivity index (χ3n) is 2.39. The van der Waals surface area contributed by atoms with Crippen LogP contribution in [0.5, 0.6) is 0 Å². The minimum Gasteiger partial charge on any atom is -0.252 e. The van der Waals surface area contributed by atoms with Gasteiger partial charge < -0.3 is 0 Å². The molecule has 0 amide bonds. The van der Waals surface area contributed by atoms with Gasteiger partial charge in [-0.2, -0.15) is 0 Å². The molecule has 0 bridgehead atoms. The summed E-state index contributed by atoms with van der Waals surface area (Å²) in [5.41, 5.74) is 3.04. The summed E-state index contributed by atoms with van der Waals surface area (Å²) in [5.74, 6) is 0. The first-order chi connectivity index (χ1) is 7.02. The van der Waals surface area contributed by atoms with Gasteiger partial charge in [0.15, 0.2) is 0 Å². The lowest BCUT2D eigenvalue weighted by Crippen LogP contribution is -1.93. The first-order valence-corrected chi connectivity index (χ1v) is 6.67. The van der Waals surface area contributed by atoms with Crippen LogP contribution < -0.4 is 0 Å². The van der Waals surface area contributed by atoms with E-state index in [1.807, 2.05) is 26.0 Å². The second-order valence-electron chi connectivity index (χ2n) is 3.39. The van der Waals surface area contributed by atoms with Crippen molar-refractivity contribution in [1.82, 2.24) is 4.98 Å². The molecule has 1 heterocycles. The summed E-state index contributed by atoms with van der Waals surface area (Å²) in [6.45, 7) is 4.00. The average Bonchev–Trinajstić information content (AvgIpc) is 2.21. The molecule has 0 saturated carbocycles. The zero-order valence-corrected chi connectivity index (χ0v) is 12.7. The molecule has 0 spiro atoms. The quantitative estimate of drug-likeness (QED) is 0.579. The van der Waals surface area contributed by atoms with Gasteiger partial charge in [0.25, 0.3) is 0 Å². The lowest BCUT2D eigenvalue weighted by molar-refractivity contribution is 1.21. The van der Waals surface area contributed by atoms with Crippen molar-refractivity contribution in [3.63, 3.8) is 0 Å². The van der Waals surface area contributed by atoms with Gasteiger partial charge in [-0.25, -0.2) is 0 Å². The predicted octanol–water partition coefficient (Wildman–Crippen LogP) is 4.87. The van der Waals surface area contributed by atoms with Crippen LogP contribution in [0.1, 0.15) is 11.3 Å². The van der Waals surface area contributed by atoms with Crippen molar-refractivity contribution in [2.45, 2.75) is 13.8 Å². The van der Waals surface area contributed by atoms with Gasteiger partial charge in [0.05, 0.1) is 11.2 Å². The largest absolute Gasteiger partial charge is 0.252 e. The molecule has 0 unspecified atom stereocenters. The van der Waals surface area contributed by atoms with E-state index in [-0.39, 0.29) is 0 Å². The zero-order valence-electron chi connectivity index (χ0n) is 8.24. The third-order valence-corrected chi connectivity index (χ3v) is 5.69. The van der Waals surface area contributed by atoms with E-state index < -0.39 is 0 Å². The molecule has 0 fully saturated rings. The summed E-state index contributed by atoms with van der Waals surface area (Å²) in [5, 5.41) is 1.88. The Hall–Kier alpha value is 0.130. The fourth-order valence-corrected chi connectivity index (χ4v) is 2.66. The molecule has 0 N–H and O–H groups in total. The van der Waals surface area contributed by atoms with Crippen LogP contribution in [-0.4, -0.2) is 4.98 Å². The number of benzene rings is 1. The molecule has 2 rings (SSSR count). The van der Waals surface area contributed by atoms with Gasteiger partial charge in [-0.3, -0.25) is 4.98 Å². The topological polar surface area (TPSA) is 12.9 Å². The first kappa shape index (κ1) is 11.6. The molecule has 0 radical (unpaired) electrons. The Morgan fingerprint density at radius 3 is 2.67 bits per heavy atom. The van der Waals surface area contributed by atoms with Gasteiger partial charge in [0.2, 0.25) is 0 Å². The molecule has 0 saturated heterocycles. The fraction of sp³-hybridized carbons (Fsp3) is 0.182. The van der Waals surface area contributed by atoms with Gasteiger partial charge >= 0.3 is 0 Å². The van der Waals surface area contributed by atoms with E-state index in [9.17, 15) is 0 Å². The highest BCUT2D eigenvalue weighted by molar-refractivity contribution is 14.1. The van der Waals surface area contributed by atoms with Crippen LogP contribution in [-0.2, 0) is 0 Å². The lowest BCUT2D eigenvalue weighted by Gasteiger charge is -2.09. The average molecular weight is 396 g/mol. The standard InChI is InChI=1S/C11H8BrClIN/c1-5-8(13)4-3-7-9(12)10(14)6(2)15-11(5)7/h3-4H,1-2H3. The van der Waals surface area contributed by atoms with Crippen LogP contribution in [0.15, 0.2) is 16.6 Å². The number of nitrogens with zero attached hydrogens (tertiary/aromatic N) is 1. The molecule has 0 aliphatic rings. The maximum Gasteiger partial charge on any atom is 0.0761 e. The molecule has 2 aromatic rings. The van der Waals surface area contributed by atoms with Gasteiger partial charge in [0.1, 0.15) is 0 Å². The van der Waals surface area contributed by atoms with E-state index in [2.05, 4.69) is 43.5 Å². The molecule has 1 aromatic carbocycles. The molecule has 4 heteroatoms. The Balaban J connectivity index is 2.98. The first-order valence-electron chi connectivity index (χ1n) is 4.42. The number of aromatic nitrogens is 1. The van der Waals surface area contributed by atoms with Gasteiger partial charge in [0, 0.05) is 18.5 Å². The molecule has 15 heavy (non-hydrogen) atoms. The number of halogens is 3. The summed E-state index contributed by atoms with van der Waals surface area (Å²) >= 11 is 12.0. The highest BCUT2D eigenvalue weighted by Gasteiger charge is 2.11. The smallest absolute Gasteiger partial charge is 0.0761 e. The van der Waals surface area contributed by atoms with Crippen LogP contribution in [0.25, 0.3) is 10.9 Å². The maximum absolute atomic E-state index is 6.07. The van der Waals surface area contributed by atoms with Gasteiger partial charge in [-0.05, 0) is 64.0 Å². The SMILES string of the molecule is Cc1nc2c(C)c(Cl)ccc2c(Br)c1I. The number of aryl methyl sites for hydroxylation is 2. The molecule has 0 aliphatic heterocycles. The molecule has 0 aliphatic carbocycles. The number of fused-ring (bicyclic) bond motifs is 1. The van der Waals surface area contributed by atoms with E-state index in [1.165, 1.54) is 0 Å². The normalized spacial score (nSPS) is 11.0. The summed E-state index contributed by atoms with van der Waals surface area (Å²) in [6, 6.07) is 3.92. The second kappa shape index (κ2) is 4.18. The van der Waals surface area contributed by atoms with Crippen molar-refractivity contribution in [2.24, 2.45) is 0 Å².